The summed E-state index contributed by atoms with van der Waals surface area (Å²) < 4.78 is 1.76. The Morgan fingerprint density at radius 1 is 1.53 bits per heavy atom. The van der Waals surface area contributed by atoms with Crippen molar-refractivity contribution in [2.75, 3.05) is 20.6 Å². The maximum atomic E-state index is 11.2. The van der Waals surface area contributed by atoms with Gasteiger partial charge in [0.25, 0.3) is 0 Å². The van der Waals surface area contributed by atoms with Crippen LogP contribution < -0.4 is 0 Å². The molecule has 1 heterocycles. The zero-order valence-electron chi connectivity index (χ0n) is 10.6. The molecule has 0 saturated heterocycles. The third-order valence-corrected chi connectivity index (χ3v) is 2.92. The molecule has 0 aliphatic carbocycles. The number of hydrogen-bond acceptors (Lipinski definition) is 2. The normalized spacial score (nSPS) is 13.4. The van der Waals surface area contributed by atoms with E-state index in [9.17, 15) is 4.79 Å². The Bertz CT molecular complexity index is 399. The molecular formula is C12H19ClN2O2. The summed E-state index contributed by atoms with van der Waals surface area (Å²) in [6.07, 6.45) is 1.69. The lowest BCUT2D eigenvalue weighted by molar-refractivity contribution is 0.0679. The molecular weight excluding hydrogens is 240 g/mol. The average Bonchev–Trinajstić information content (AvgIpc) is 2.55. The molecule has 0 amide bonds. The molecule has 0 spiro atoms. The predicted molar refractivity (Wildman–Crippen MR) is 68.8 cm³/mol. The molecule has 17 heavy (non-hydrogen) atoms. The van der Waals surface area contributed by atoms with Crippen molar-refractivity contribution >= 4 is 17.6 Å². The van der Waals surface area contributed by atoms with E-state index in [1.165, 1.54) is 6.07 Å². The van der Waals surface area contributed by atoms with E-state index in [1.54, 1.807) is 10.8 Å². The Hall–Kier alpha value is -1.00. The maximum absolute atomic E-state index is 11.2. The van der Waals surface area contributed by atoms with Gasteiger partial charge in [-0.05, 0) is 26.1 Å². The van der Waals surface area contributed by atoms with Crippen LogP contribution in [0.15, 0.2) is 12.3 Å². The fourth-order valence-corrected chi connectivity index (χ4v) is 2.09. The van der Waals surface area contributed by atoms with Crippen molar-refractivity contribution in [3.05, 3.63) is 23.0 Å². The van der Waals surface area contributed by atoms with Crippen LogP contribution in [0.4, 0.5) is 0 Å². The summed E-state index contributed by atoms with van der Waals surface area (Å²) in [4.78, 5) is 13.2. The van der Waals surface area contributed by atoms with Gasteiger partial charge in [-0.3, -0.25) is 0 Å². The fourth-order valence-electron chi connectivity index (χ4n) is 1.89. The van der Waals surface area contributed by atoms with E-state index in [2.05, 4.69) is 13.8 Å². The van der Waals surface area contributed by atoms with E-state index in [-0.39, 0.29) is 11.7 Å². The number of rotatable bonds is 5. The second-order valence-electron chi connectivity index (χ2n) is 4.83. The van der Waals surface area contributed by atoms with Crippen molar-refractivity contribution in [3.8, 4) is 0 Å². The molecule has 0 bridgehead atoms. The molecule has 1 rings (SSSR count). The molecule has 0 saturated carbocycles. The van der Waals surface area contributed by atoms with E-state index >= 15 is 0 Å². The van der Waals surface area contributed by atoms with Crippen LogP contribution in [0.2, 0.25) is 5.02 Å². The van der Waals surface area contributed by atoms with Crippen LogP contribution in [-0.2, 0) is 0 Å². The van der Waals surface area contributed by atoms with Crippen LogP contribution in [-0.4, -0.2) is 41.2 Å². The molecule has 0 aliphatic heterocycles. The van der Waals surface area contributed by atoms with E-state index in [1.807, 2.05) is 19.0 Å². The Kier molecular flexibility index (Phi) is 4.60. The van der Waals surface area contributed by atoms with Crippen molar-refractivity contribution < 1.29 is 9.90 Å². The molecule has 1 atom stereocenters. The lowest BCUT2D eigenvalue weighted by Crippen LogP contribution is -2.29. The SMILES string of the molecule is CC(C)C(CN(C)C)n1cc(Cl)cc1C(=O)O. The second-order valence-corrected chi connectivity index (χ2v) is 5.27. The predicted octanol–water partition coefficient (Wildman–Crippen LogP) is 2.60. The first kappa shape index (κ1) is 14.1. The monoisotopic (exact) mass is 258 g/mol. The van der Waals surface area contributed by atoms with E-state index < -0.39 is 5.97 Å². The van der Waals surface area contributed by atoms with Crippen molar-refractivity contribution in [3.63, 3.8) is 0 Å². The highest BCUT2D eigenvalue weighted by molar-refractivity contribution is 6.30. The number of hydrogen-bond donors (Lipinski definition) is 1. The summed E-state index contributed by atoms with van der Waals surface area (Å²) in [6.45, 7) is 4.93. The summed E-state index contributed by atoms with van der Waals surface area (Å²) in [7, 11) is 3.95. The fraction of sp³-hybridized carbons (Fsp3) is 0.583. The molecule has 4 nitrogen and oxygen atoms in total. The number of aromatic nitrogens is 1. The van der Waals surface area contributed by atoms with Crippen LogP contribution in [0.1, 0.15) is 30.4 Å². The van der Waals surface area contributed by atoms with E-state index in [0.29, 0.717) is 10.9 Å². The lowest BCUT2D eigenvalue weighted by Gasteiger charge is -2.27. The Morgan fingerprint density at radius 2 is 2.12 bits per heavy atom. The van der Waals surface area contributed by atoms with E-state index in [0.717, 1.165) is 6.54 Å². The van der Waals surface area contributed by atoms with Crippen LogP contribution in [0.3, 0.4) is 0 Å². The average molecular weight is 259 g/mol. The van der Waals surface area contributed by atoms with Crippen molar-refractivity contribution in [1.82, 2.24) is 9.47 Å². The summed E-state index contributed by atoms with van der Waals surface area (Å²) in [5.74, 6) is -0.611. The maximum Gasteiger partial charge on any atom is 0.352 e. The molecule has 0 radical (unpaired) electrons. The smallest absolute Gasteiger partial charge is 0.352 e. The summed E-state index contributed by atoms with van der Waals surface area (Å²) >= 11 is 5.90. The van der Waals surface area contributed by atoms with Crippen LogP contribution in [0.5, 0.6) is 0 Å². The van der Waals surface area contributed by atoms with Crippen molar-refractivity contribution in [2.24, 2.45) is 5.92 Å². The van der Waals surface area contributed by atoms with Crippen LogP contribution in [0.25, 0.3) is 0 Å². The van der Waals surface area contributed by atoms with Gasteiger partial charge in [0, 0.05) is 18.8 Å². The van der Waals surface area contributed by atoms with Crippen LogP contribution >= 0.6 is 11.6 Å². The number of likely N-dealkylation sites (N-methyl/N-ethyl adjacent to an activating group) is 1. The van der Waals surface area contributed by atoms with Gasteiger partial charge in [0.1, 0.15) is 5.69 Å². The topological polar surface area (TPSA) is 45.5 Å². The quantitative estimate of drug-likeness (QED) is 0.883. The summed E-state index contributed by atoms with van der Waals surface area (Å²) in [6, 6.07) is 1.60. The molecule has 5 heteroatoms. The second kappa shape index (κ2) is 5.56. The van der Waals surface area contributed by atoms with Gasteiger partial charge >= 0.3 is 5.97 Å². The minimum atomic E-state index is -0.943. The Balaban J connectivity index is 3.13. The summed E-state index contributed by atoms with van der Waals surface area (Å²) in [5, 5.41) is 9.62. The highest BCUT2D eigenvalue weighted by atomic mass is 35.5. The number of carboxylic acids is 1. The molecule has 1 unspecified atom stereocenters. The molecule has 0 aliphatic rings. The molecule has 1 aromatic rings. The van der Waals surface area contributed by atoms with Gasteiger partial charge < -0.3 is 14.6 Å². The number of carboxylic acid groups (broad SMARTS) is 1. The van der Waals surface area contributed by atoms with Crippen molar-refractivity contribution in [2.45, 2.75) is 19.9 Å². The van der Waals surface area contributed by atoms with Gasteiger partial charge in [0.05, 0.1) is 5.02 Å². The number of halogens is 1. The van der Waals surface area contributed by atoms with Gasteiger partial charge in [-0.15, -0.1) is 0 Å². The largest absolute Gasteiger partial charge is 0.477 e. The van der Waals surface area contributed by atoms with Gasteiger partial charge in [-0.1, -0.05) is 25.4 Å². The number of aromatic carboxylic acids is 1. The lowest BCUT2D eigenvalue weighted by atomic mass is 10.0. The third-order valence-electron chi connectivity index (χ3n) is 2.71. The zero-order valence-corrected chi connectivity index (χ0v) is 11.4. The van der Waals surface area contributed by atoms with Gasteiger partial charge in [0.15, 0.2) is 0 Å². The molecule has 0 aromatic carbocycles. The van der Waals surface area contributed by atoms with Crippen LogP contribution in [0, 0.1) is 5.92 Å². The summed E-state index contributed by atoms with van der Waals surface area (Å²) in [5.41, 5.74) is 0.246. The molecule has 1 aromatic heterocycles. The number of nitrogens with zero attached hydrogens (tertiary/aromatic N) is 2. The Morgan fingerprint density at radius 3 is 2.53 bits per heavy atom. The highest BCUT2D eigenvalue weighted by Crippen LogP contribution is 2.25. The molecule has 1 N–H and O–H groups in total. The number of carbonyl (C=O) groups is 1. The van der Waals surface area contributed by atoms with Gasteiger partial charge in [-0.2, -0.15) is 0 Å². The van der Waals surface area contributed by atoms with Gasteiger partial charge in [-0.25, -0.2) is 4.79 Å². The first-order valence-electron chi connectivity index (χ1n) is 5.58. The first-order chi connectivity index (χ1) is 7.82. The third kappa shape index (κ3) is 3.48. The minimum absolute atomic E-state index is 0.101. The van der Waals surface area contributed by atoms with E-state index in [4.69, 9.17) is 16.7 Å². The standard InChI is InChI=1S/C12H19ClN2O2/c1-8(2)11(7-14(3)4)15-6-9(13)5-10(15)12(16)17/h5-6,8,11H,7H2,1-4H3,(H,16,17). The molecule has 0 fully saturated rings. The minimum Gasteiger partial charge on any atom is -0.477 e. The highest BCUT2D eigenvalue weighted by Gasteiger charge is 2.22. The first-order valence-corrected chi connectivity index (χ1v) is 5.96. The van der Waals surface area contributed by atoms with Gasteiger partial charge in [0.2, 0.25) is 0 Å². The Labute approximate surface area is 107 Å². The van der Waals surface area contributed by atoms with Crippen molar-refractivity contribution in [1.29, 1.82) is 0 Å². The molecule has 96 valence electrons. The zero-order chi connectivity index (χ0) is 13.2.